The van der Waals surface area contributed by atoms with Crippen LogP contribution in [0.3, 0.4) is 0 Å². The molecule has 0 aliphatic carbocycles. The van der Waals surface area contributed by atoms with E-state index in [1.165, 1.54) is 5.56 Å². The Morgan fingerprint density at radius 3 is 2.65 bits per heavy atom. The molecule has 1 N–H and O–H groups in total. The standard InChI is InChI=1S/C16H26N2O2/c1-3-8-18-15(13-14-4-9-17-10-5-14)16(19-2)6-11-20-12-7-16/h4-5,9-10,15,18H,3,6-8,11-13H2,1-2H3. The van der Waals surface area contributed by atoms with Crippen LogP contribution in [0.5, 0.6) is 0 Å². The third-order valence-electron chi connectivity index (χ3n) is 4.21. The van der Waals surface area contributed by atoms with Crippen LogP contribution in [0.2, 0.25) is 0 Å². The quantitative estimate of drug-likeness (QED) is 0.830. The SMILES string of the molecule is CCCNC(Cc1ccncc1)C1(OC)CCOCC1. The van der Waals surface area contributed by atoms with Gasteiger partial charge < -0.3 is 14.8 Å². The van der Waals surface area contributed by atoms with Crippen LogP contribution in [0.25, 0.3) is 0 Å². The molecule has 4 heteroatoms. The van der Waals surface area contributed by atoms with Gasteiger partial charge in [-0.05, 0) is 37.1 Å². The van der Waals surface area contributed by atoms with Crippen molar-refractivity contribution >= 4 is 0 Å². The van der Waals surface area contributed by atoms with Crippen molar-refractivity contribution in [2.24, 2.45) is 0 Å². The fraction of sp³-hybridized carbons (Fsp3) is 0.688. The number of hydrogen-bond donors (Lipinski definition) is 1. The molecule has 1 saturated heterocycles. The van der Waals surface area contributed by atoms with Crippen LogP contribution >= 0.6 is 0 Å². The highest BCUT2D eigenvalue weighted by Crippen LogP contribution is 2.30. The smallest absolute Gasteiger partial charge is 0.0877 e. The lowest BCUT2D eigenvalue weighted by Crippen LogP contribution is -2.56. The first-order chi connectivity index (χ1) is 9.80. The Morgan fingerprint density at radius 2 is 2.05 bits per heavy atom. The first-order valence-corrected chi connectivity index (χ1v) is 7.56. The van der Waals surface area contributed by atoms with E-state index in [0.717, 1.165) is 45.4 Å². The monoisotopic (exact) mass is 278 g/mol. The van der Waals surface area contributed by atoms with E-state index in [1.807, 2.05) is 19.5 Å². The van der Waals surface area contributed by atoms with Gasteiger partial charge in [0, 0.05) is 51.6 Å². The second-order valence-electron chi connectivity index (χ2n) is 5.45. The molecule has 2 heterocycles. The zero-order valence-electron chi connectivity index (χ0n) is 12.6. The van der Waals surface area contributed by atoms with Crippen molar-refractivity contribution in [3.63, 3.8) is 0 Å². The zero-order valence-corrected chi connectivity index (χ0v) is 12.6. The average Bonchev–Trinajstić information content (AvgIpc) is 2.53. The van der Waals surface area contributed by atoms with Gasteiger partial charge in [-0.2, -0.15) is 0 Å². The summed E-state index contributed by atoms with van der Waals surface area (Å²) in [6.07, 6.45) is 7.72. The van der Waals surface area contributed by atoms with E-state index in [2.05, 4.69) is 29.4 Å². The highest BCUT2D eigenvalue weighted by atomic mass is 16.5. The van der Waals surface area contributed by atoms with Gasteiger partial charge in [-0.15, -0.1) is 0 Å². The Morgan fingerprint density at radius 1 is 1.35 bits per heavy atom. The molecule has 1 aliphatic heterocycles. The summed E-state index contributed by atoms with van der Waals surface area (Å²) in [7, 11) is 1.83. The molecule has 20 heavy (non-hydrogen) atoms. The van der Waals surface area contributed by atoms with E-state index in [0.29, 0.717) is 6.04 Å². The summed E-state index contributed by atoms with van der Waals surface area (Å²) >= 11 is 0. The van der Waals surface area contributed by atoms with Crippen LogP contribution in [0.1, 0.15) is 31.7 Å². The molecule has 0 spiro atoms. The lowest BCUT2D eigenvalue weighted by atomic mass is 9.82. The van der Waals surface area contributed by atoms with E-state index in [9.17, 15) is 0 Å². The molecule has 2 rings (SSSR count). The molecule has 0 radical (unpaired) electrons. The van der Waals surface area contributed by atoms with Gasteiger partial charge in [0.2, 0.25) is 0 Å². The Bertz CT molecular complexity index is 377. The van der Waals surface area contributed by atoms with E-state index in [1.54, 1.807) is 0 Å². The normalized spacial score (nSPS) is 19.7. The Labute approximate surface area is 121 Å². The maximum Gasteiger partial charge on any atom is 0.0877 e. The molecule has 1 unspecified atom stereocenters. The molecule has 1 fully saturated rings. The van der Waals surface area contributed by atoms with Crippen molar-refractivity contribution in [3.05, 3.63) is 30.1 Å². The highest BCUT2D eigenvalue weighted by Gasteiger charge is 2.40. The van der Waals surface area contributed by atoms with Crippen LogP contribution < -0.4 is 5.32 Å². The van der Waals surface area contributed by atoms with Crippen molar-refractivity contribution in [1.29, 1.82) is 0 Å². The van der Waals surface area contributed by atoms with Crippen molar-refractivity contribution in [2.45, 2.75) is 44.2 Å². The molecule has 1 atom stereocenters. The van der Waals surface area contributed by atoms with Crippen LogP contribution in [0.4, 0.5) is 0 Å². The fourth-order valence-corrected chi connectivity index (χ4v) is 2.93. The number of ether oxygens (including phenoxy) is 2. The lowest BCUT2D eigenvalue weighted by molar-refractivity contribution is -0.110. The van der Waals surface area contributed by atoms with Crippen LogP contribution in [-0.4, -0.2) is 43.5 Å². The Kier molecular flexibility index (Phi) is 5.95. The molecule has 0 amide bonds. The predicted octanol–water partition coefficient (Wildman–Crippen LogP) is 2.19. The third kappa shape index (κ3) is 3.78. The van der Waals surface area contributed by atoms with Crippen LogP contribution in [0.15, 0.2) is 24.5 Å². The maximum atomic E-state index is 5.95. The van der Waals surface area contributed by atoms with Crippen molar-refractivity contribution in [3.8, 4) is 0 Å². The third-order valence-corrected chi connectivity index (χ3v) is 4.21. The minimum absolute atomic E-state index is 0.114. The molecule has 0 bridgehead atoms. The zero-order chi connectivity index (χ0) is 14.3. The van der Waals surface area contributed by atoms with E-state index in [4.69, 9.17) is 9.47 Å². The van der Waals surface area contributed by atoms with Crippen LogP contribution in [-0.2, 0) is 15.9 Å². The topological polar surface area (TPSA) is 43.4 Å². The first kappa shape index (κ1) is 15.4. The molecule has 112 valence electrons. The fourth-order valence-electron chi connectivity index (χ4n) is 2.93. The summed E-state index contributed by atoms with van der Waals surface area (Å²) in [5.41, 5.74) is 1.19. The Balaban J connectivity index is 2.12. The largest absolute Gasteiger partial charge is 0.381 e. The van der Waals surface area contributed by atoms with Crippen molar-refractivity contribution < 1.29 is 9.47 Å². The minimum atomic E-state index is -0.114. The van der Waals surface area contributed by atoms with Gasteiger partial charge in [-0.1, -0.05) is 6.92 Å². The van der Waals surface area contributed by atoms with Gasteiger partial charge in [0.05, 0.1) is 5.60 Å². The summed E-state index contributed by atoms with van der Waals surface area (Å²) in [5.74, 6) is 0. The molecule has 1 aromatic heterocycles. The molecule has 0 aromatic carbocycles. The first-order valence-electron chi connectivity index (χ1n) is 7.56. The molecule has 4 nitrogen and oxygen atoms in total. The number of pyridine rings is 1. The second-order valence-corrected chi connectivity index (χ2v) is 5.45. The summed E-state index contributed by atoms with van der Waals surface area (Å²) in [4.78, 5) is 4.09. The second kappa shape index (κ2) is 7.72. The van der Waals surface area contributed by atoms with Gasteiger partial charge in [0.1, 0.15) is 0 Å². The molecular formula is C16H26N2O2. The summed E-state index contributed by atoms with van der Waals surface area (Å²) in [6.45, 7) is 4.78. The van der Waals surface area contributed by atoms with Gasteiger partial charge in [-0.3, -0.25) is 4.98 Å². The van der Waals surface area contributed by atoms with E-state index < -0.39 is 0 Å². The summed E-state index contributed by atoms with van der Waals surface area (Å²) in [6, 6.07) is 4.49. The van der Waals surface area contributed by atoms with Gasteiger partial charge >= 0.3 is 0 Å². The highest BCUT2D eigenvalue weighted by molar-refractivity contribution is 5.14. The predicted molar refractivity (Wildman–Crippen MR) is 79.8 cm³/mol. The number of nitrogens with one attached hydrogen (secondary N) is 1. The van der Waals surface area contributed by atoms with E-state index in [-0.39, 0.29) is 5.60 Å². The molecule has 0 saturated carbocycles. The number of methoxy groups -OCH3 is 1. The van der Waals surface area contributed by atoms with Gasteiger partial charge in [-0.25, -0.2) is 0 Å². The lowest BCUT2D eigenvalue weighted by Gasteiger charge is -2.43. The molecular weight excluding hydrogens is 252 g/mol. The van der Waals surface area contributed by atoms with Gasteiger partial charge in [0.25, 0.3) is 0 Å². The number of nitrogens with zero attached hydrogens (tertiary/aromatic N) is 1. The summed E-state index contributed by atoms with van der Waals surface area (Å²) in [5, 5.41) is 3.68. The van der Waals surface area contributed by atoms with Crippen molar-refractivity contribution in [2.75, 3.05) is 26.9 Å². The summed E-state index contributed by atoms with van der Waals surface area (Å²) < 4.78 is 11.5. The molecule has 1 aliphatic rings. The van der Waals surface area contributed by atoms with Crippen LogP contribution in [0, 0.1) is 0 Å². The number of aromatic nitrogens is 1. The minimum Gasteiger partial charge on any atom is -0.381 e. The van der Waals surface area contributed by atoms with Crippen molar-refractivity contribution in [1.82, 2.24) is 10.3 Å². The average molecular weight is 278 g/mol. The number of hydrogen-bond acceptors (Lipinski definition) is 4. The van der Waals surface area contributed by atoms with Gasteiger partial charge in [0.15, 0.2) is 0 Å². The molecule has 1 aromatic rings. The number of rotatable bonds is 7. The Hall–Kier alpha value is -0.970. The maximum absolute atomic E-state index is 5.95. The van der Waals surface area contributed by atoms with E-state index >= 15 is 0 Å².